The molecule has 198 valence electrons. The van der Waals surface area contributed by atoms with E-state index in [-0.39, 0.29) is 31.3 Å². The molecule has 9 nitrogen and oxygen atoms in total. The van der Waals surface area contributed by atoms with Crippen LogP contribution in [-0.2, 0) is 6.61 Å². The van der Waals surface area contributed by atoms with Crippen molar-refractivity contribution in [3.8, 4) is 5.75 Å². The fourth-order valence-electron chi connectivity index (χ4n) is 4.82. The van der Waals surface area contributed by atoms with Gasteiger partial charge >= 0.3 is 0 Å². The van der Waals surface area contributed by atoms with Crippen molar-refractivity contribution in [1.29, 1.82) is 0 Å². The van der Waals surface area contributed by atoms with Gasteiger partial charge in [-0.2, -0.15) is 0 Å². The van der Waals surface area contributed by atoms with Crippen molar-refractivity contribution in [2.24, 2.45) is 0 Å². The molecule has 1 unspecified atom stereocenters. The number of hydrogen-bond acceptors (Lipinski definition) is 6. The third kappa shape index (κ3) is 5.14. The molecule has 1 aromatic heterocycles. The number of hydrogen-bond donors (Lipinski definition) is 3. The maximum atomic E-state index is 14.2. The molecule has 2 bridgehead atoms. The number of fused-ring (bicyclic) bond motifs is 4. The first-order chi connectivity index (χ1) is 17.6. The highest BCUT2D eigenvalue weighted by Gasteiger charge is 2.49. The second kappa shape index (κ2) is 10.4. The van der Waals surface area contributed by atoms with Crippen molar-refractivity contribution in [3.05, 3.63) is 76.0 Å². The number of aromatic nitrogens is 1. The zero-order valence-electron chi connectivity index (χ0n) is 20.3. The number of aliphatic hydroxyl groups excluding tert-OH is 1. The van der Waals surface area contributed by atoms with Crippen LogP contribution in [0.3, 0.4) is 0 Å². The Labute approximate surface area is 212 Å². The molecule has 2 amide bonds. The van der Waals surface area contributed by atoms with Crippen molar-refractivity contribution in [2.45, 2.75) is 56.8 Å². The van der Waals surface area contributed by atoms with Crippen LogP contribution < -0.4 is 15.5 Å². The lowest BCUT2D eigenvalue weighted by Gasteiger charge is -2.42. The minimum absolute atomic E-state index is 0.0134. The fourth-order valence-corrected chi connectivity index (χ4v) is 4.82. The quantitative estimate of drug-likeness (QED) is 0.462. The number of nitrogens with zero attached hydrogens (tertiary/aromatic N) is 2. The summed E-state index contributed by atoms with van der Waals surface area (Å²) in [4.78, 5) is 41.5. The monoisotopic (exact) mass is 517 g/mol. The highest BCUT2D eigenvalue weighted by atomic mass is 19.1. The molecule has 1 aromatic carbocycles. The van der Waals surface area contributed by atoms with Crippen molar-refractivity contribution in [1.82, 2.24) is 14.8 Å². The number of pyridine rings is 1. The van der Waals surface area contributed by atoms with E-state index in [0.29, 0.717) is 12.0 Å². The van der Waals surface area contributed by atoms with E-state index in [4.69, 9.17) is 4.74 Å². The van der Waals surface area contributed by atoms with Gasteiger partial charge in [0.05, 0.1) is 18.5 Å². The Bertz CT molecular complexity index is 1270. The number of amides is 2. The van der Waals surface area contributed by atoms with Crippen LogP contribution in [0, 0.1) is 0 Å². The molecule has 2 aliphatic heterocycles. The molecule has 4 atom stereocenters. The highest BCUT2D eigenvalue weighted by molar-refractivity contribution is 5.99. The average molecular weight is 518 g/mol. The number of benzene rings is 1. The molecule has 0 radical (unpaired) electrons. The van der Waals surface area contributed by atoms with Gasteiger partial charge in [0.1, 0.15) is 17.8 Å². The van der Waals surface area contributed by atoms with Gasteiger partial charge in [0.25, 0.3) is 11.8 Å². The van der Waals surface area contributed by atoms with E-state index in [1.807, 2.05) is 5.32 Å². The number of rotatable bonds is 8. The van der Waals surface area contributed by atoms with E-state index in [0.717, 1.165) is 6.20 Å². The Morgan fingerprint density at radius 1 is 1.32 bits per heavy atom. The molecule has 11 heteroatoms. The average Bonchev–Trinajstić information content (AvgIpc) is 2.97. The number of aliphatic hydroxyl groups is 2. The van der Waals surface area contributed by atoms with Crippen LogP contribution in [0.2, 0.25) is 0 Å². The minimum Gasteiger partial charge on any atom is -0.483 e. The lowest BCUT2D eigenvalue weighted by Crippen LogP contribution is -2.53. The first-order valence-corrected chi connectivity index (χ1v) is 11.9. The SMILES string of the molecule is C=C(F)CC(F)NC(=O)c1cn2c(c(OCc3ccccc3)c1=O)C(=O)N1C[C@@H]2[C@@](O)(CO)CC[C@@H]1C. The van der Waals surface area contributed by atoms with E-state index in [2.05, 4.69) is 6.58 Å². The van der Waals surface area contributed by atoms with Gasteiger partial charge in [-0.1, -0.05) is 36.9 Å². The number of ether oxygens (including phenoxy) is 1. The van der Waals surface area contributed by atoms with Crippen molar-refractivity contribution in [3.63, 3.8) is 0 Å². The summed E-state index contributed by atoms with van der Waals surface area (Å²) in [5, 5.41) is 23.3. The Balaban J connectivity index is 1.86. The molecule has 2 aliphatic rings. The van der Waals surface area contributed by atoms with Crippen LogP contribution in [0.25, 0.3) is 0 Å². The summed E-state index contributed by atoms with van der Waals surface area (Å²) in [5.41, 5.74) is -2.69. The summed E-state index contributed by atoms with van der Waals surface area (Å²) in [6.07, 6.45) is -1.34. The van der Waals surface area contributed by atoms with E-state index in [1.54, 1.807) is 37.3 Å². The first kappa shape index (κ1) is 26.5. The van der Waals surface area contributed by atoms with Gasteiger partial charge in [-0.25, -0.2) is 8.78 Å². The van der Waals surface area contributed by atoms with E-state index < -0.39 is 65.3 Å². The molecule has 1 saturated heterocycles. The van der Waals surface area contributed by atoms with Crippen LogP contribution in [0.5, 0.6) is 5.75 Å². The molecule has 37 heavy (non-hydrogen) atoms. The molecular formula is C26H29F2N3O6. The van der Waals surface area contributed by atoms with E-state index in [9.17, 15) is 33.4 Å². The maximum absolute atomic E-state index is 14.2. The standard InChI is InChI=1S/C26H29F2N3O6/c1-15(27)10-20(28)29-24(34)18-11-31-19-12-30(16(2)8-9-26(19,36)14-32)25(35)21(31)23(22(18)33)37-13-17-6-4-3-5-7-17/h3-7,11,16,19-20,32,36H,1,8-10,12-14H2,2H3,(H,29,34)/t16-,19+,20?,26-/m0/s1. The number of nitrogens with one attached hydrogen (secondary N) is 1. The minimum atomic E-state index is -2.15. The summed E-state index contributed by atoms with van der Waals surface area (Å²) in [6, 6.07) is 7.59. The topological polar surface area (TPSA) is 121 Å². The van der Waals surface area contributed by atoms with Gasteiger partial charge in [0.15, 0.2) is 17.7 Å². The summed E-state index contributed by atoms with van der Waals surface area (Å²) in [7, 11) is 0. The number of carbonyl (C=O) groups excluding carboxylic acids is 2. The predicted molar refractivity (Wildman–Crippen MR) is 130 cm³/mol. The number of alkyl halides is 1. The molecule has 0 aliphatic carbocycles. The van der Waals surface area contributed by atoms with Crippen LogP contribution in [-0.4, -0.2) is 62.6 Å². The number of halogens is 2. The van der Waals surface area contributed by atoms with Gasteiger partial charge < -0.3 is 29.7 Å². The smallest absolute Gasteiger partial charge is 0.274 e. The summed E-state index contributed by atoms with van der Waals surface area (Å²) < 4.78 is 34.3. The lowest BCUT2D eigenvalue weighted by molar-refractivity contribution is -0.0636. The summed E-state index contributed by atoms with van der Waals surface area (Å²) in [6.45, 7) is 4.03. The van der Waals surface area contributed by atoms with Crippen LogP contribution in [0.4, 0.5) is 8.78 Å². The first-order valence-electron chi connectivity index (χ1n) is 11.9. The zero-order chi connectivity index (χ0) is 26.9. The van der Waals surface area contributed by atoms with E-state index >= 15 is 0 Å². The Hall–Kier alpha value is -3.57. The van der Waals surface area contributed by atoms with Crippen molar-refractivity contribution >= 4 is 11.8 Å². The van der Waals surface area contributed by atoms with Crippen LogP contribution >= 0.6 is 0 Å². The van der Waals surface area contributed by atoms with Crippen LogP contribution in [0.1, 0.15) is 58.6 Å². The number of carbonyl (C=O) groups is 2. The Morgan fingerprint density at radius 2 is 2.03 bits per heavy atom. The molecule has 3 N–H and O–H groups in total. The molecule has 3 heterocycles. The molecule has 1 fully saturated rings. The third-order valence-corrected chi connectivity index (χ3v) is 6.94. The zero-order valence-corrected chi connectivity index (χ0v) is 20.3. The third-order valence-electron chi connectivity index (χ3n) is 6.94. The summed E-state index contributed by atoms with van der Waals surface area (Å²) >= 11 is 0. The largest absolute Gasteiger partial charge is 0.483 e. The van der Waals surface area contributed by atoms with Crippen molar-refractivity contribution in [2.75, 3.05) is 13.2 Å². The van der Waals surface area contributed by atoms with Gasteiger partial charge in [-0.3, -0.25) is 14.4 Å². The predicted octanol–water partition coefficient (Wildman–Crippen LogP) is 2.23. The maximum Gasteiger partial charge on any atom is 0.274 e. The van der Waals surface area contributed by atoms with Gasteiger partial charge in [-0.15, -0.1) is 0 Å². The van der Waals surface area contributed by atoms with Crippen LogP contribution in [0.15, 0.2) is 53.7 Å². The highest BCUT2D eigenvalue weighted by Crippen LogP contribution is 2.40. The van der Waals surface area contributed by atoms with E-state index in [1.165, 1.54) is 9.47 Å². The van der Waals surface area contributed by atoms with Gasteiger partial charge in [-0.05, 0) is 25.3 Å². The lowest BCUT2D eigenvalue weighted by atomic mass is 9.89. The normalized spacial score (nSPS) is 23.6. The Morgan fingerprint density at radius 3 is 2.68 bits per heavy atom. The second-order valence-electron chi connectivity index (χ2n) is 9.52. The molecule has 2 aromatic rings. The summed E-state index contributed by atoms with van der Waals surface area (Å²) in [5.74, 6) is -3.11. The Kier molecular flexibility index (Phi) is 7.47. The fraction of sp³-hybridized carbons (Fsp3) is 0.423. The molecule has 0 saturated carbocycles. The molecular weight excluding hydrogens is 488 g/mol. The van der Waals surface area contributed by atoms with Gasteiger partial charge in [0, 0.05) is 25.2 Å². The second-order valence-corrected chi connectivity index (χ2v) is 9.52. The molecule has 4 rings (SSSR count). The van der Waals surface area contributed by atoms with Gasteiger partial charge in [0.2, 0.25) is 5.43 Å². The van der Waals surface area contributed by atoms with Crippen molar-refractivity contribution < 1.29 is 33.3 Å². The molecule has 0 spiro atoms.